The minimum absolute atomic E-state index is 0.345. The summed E-state index contributed by atoms with van der Waals surface area (Å²) in [7, 11) is 0. The smallest absolute Gasteiger partial charge is 0.326 e. The molecule has 0 aromatic carbocycles. The van der Waals surface area contributed by atoms with Gasteiger partial charge in [-0.05, 0) is 33.8 Å². The van der Waals surface area contributed by atoms with E-state index in [4.69, 9.17) is 5.11 Å². The highest BCUT2D eigenvalue weighted by Gasteiger charge is 2.21. The molecule has 1 aromatic heterocycles. The zero-order valence-electron chi connectivity index (χ0n) is 8.70. The maximum absolute atomic E-state index is 11.7. The van der Waals surface area contributed by atoms with Crippen LogP contribution in [0.5, 0.6) is 0 Å². The Morgan fingerprint density at radius 3 is 2.75 bits per heavy atom. The van der Waals surface area contributed by atoms with Crippen molar-refractivity contribution in [2.24, 2.45) is 0 Å². The number of hydrogen-bond donors (Lipinski definition) is 2. The zero-order chi connectivity index (χ0) is 12.1. The summed E-state index contributed by atoms with van der Waals surface area (Å²) in [5.74, 6) is -1.34. The summed E-state index contributed by atoms with van der Waals surface area (Å²) in [5.41, 5.74) is 0. The van der Waals surface area contributed by atoms with Crippen LogP contribution < -0.4 is 5.32 Å². The second kappa shape index (κ2) is 6.00. The molecule has 0 radical (unpaired) electrons. The normalized spacial score (nSPS) is 12.1. The number of hydrogen-bond acceptors (Lipinski definition) is 3. The molecule has 1 heterocycles. The monoisotopic (exact) mass is 305 g/mol. The number of amides is 1. The lowest BCUT2D eigenvalue weighted by molar-refractivity contribution is -0.139. The van der Waals surface area contributed by atoms with Crippen molar-refractivity contribution >= 4 is 39.1 Å². The predicted octanol–water partition coefficient (Wildman–Crippen LogP) is 2.49. The van der Waals surface area contributed by atoms with Crippen LogP contribution in [-0.2, 0) is 4.79 Å². The topological polar surface area (TPSA) is 66.4 Å². The number of carboxylic acids is 1. The number of rotatable bonds is 5. The Labute approximate surface area is 106 Å². The van der Waals surface area contributed by atoms with Gasteiger partial charge in [0, 0.05) is 4.47 Å². The van der Waals surface area contributed by atoms with E-state index >= 15 is 0 Å². The number of halogens is 1. The third-order valence-corrected chi connectivity index (χ3v) is 3.84. The summed E-state index contributed by atoms with van der Waals surface area (Å²) in [6, 6.07) is 0.946. The molecule has 0 aliphatic heterocycles. The number of nitrogens with one attached hydrogen (secondary N) is 1. The van der Waals surface area contributed by atoms with Gasteiger partial charge in [-0.15, -0.1) is 11.3 Å². The summed E-state index contributed by atoms with van der Waals surface area (Å²) in [4.78, 5) is 23.1. The Morgan fingerprint density at radius 1 is 1.62 bits per heavy atom. The summed E-state index contributed by atoms with van der Waals surface area (Å²) < 4.78 is 0.690. The molecule has 0 aliphatic rings. The molecule has 88 valence electrons. The molecule has 2 N–H and O–H groups in total. The molecule has 0 saturated carbocycles. The molecular formula is C10H12BrNO3S. The number of aliphatic carboxylic acids is 1. The maximum atomic E-state index is 11.7. The Hall–Kier alpha value is -0.880. The third kappa shape index (κ3) is 3.31. The van der Waals surface area contributed by atoms with E-state index in [1.165, 1.54) is 11.3 Å². The van der Waals surface area contributed by atoms with Crippen molar-refractivity contribution in [3.8, 4) is 0 Å². The van der Waals surface area contributed by atoms with Gasteiger partial charge in [-0.1, -0.05) is 13.3 Å². The number of carboxylic acid groups (broad SMARTS) is 1. The number of carbonyl (C=O) groups excluding carboxylic acids is 1. The van der Waals surface area contributed by atoms with Crippen molar-refractivity contribution in [3.63, 3.8) is 0 Å². The van der Waals surface area contributed by atoms with E-state index in [9.17, 15) is 9.59 Å². The van der Waals surface area contributed by atoms with Gasteiger partial charge in [-0.25, -0.2) is 4.79 Å². The van der Waals surface area contributed by atoms with Gasteiger partial charge in [0.15, 0.2) is 0 Å². The van der Waals surface area contributed by atoms with E-state index in [1.54, 1.807) is 11.4 Å². The van der Waals surface area contributed by atoms with Crippen LogP contribution in [0.15, 0.2) is 15.9 Å². The molecule has 4 nitrogen and oxygen atoms in total. The van der Waals surface area contributed by atoms with Crippen LogP contribution in [0.25, 0.3) is 0 Å². The van der Waals surface area contributed by atoms with Crippen LogP contribution >= 0.6 is 27.3 Å². The summed E-state index contributed by atoms with van der Waals surface area (Å²) in [5, 5.41) is 13.2. The molecule has 16 heavy (non-hydrogen) atoms. The molecule has 1 unspecified atom stereocenters. The van der Waals surface area contributed by atoms with Crippen LogP contribution in [0.4, 0.5) is 0 Å². The quantitative estimate of drug-likeness (QED) is 0.878. The minimum atomic E-state index is -0.997. The van der Waals surface area contributed by atoms with Gasteiger partial charge in [0.05, 0.1) is 0 Å². The van der Waals surface area contributed by atoms with Crippen molar-refractivity contribution < 1.29 is 14.7 Å². The molecule has 0 aliphatic carbocycles. The standard InChI is InChI=1S/C10H12BrNO3S/c1-2-3-7(10(14)15)12-9(13)8-6(11)4-5-16-8/h4-5,7H,2-3H2,1H3,(H,12,13)(H,14,15). The van der Waals surface area contributed by atoms with E-state index in [2.05, 4.69) is 21.2 Å². The van der Waals surface area contributed by atoms with Crippen LogP contribution in [0, 0.1) is 0 Å². The molecule has 0 bridgehead atoms. The largest absolute Gasteiger partial charge is 0.480 e. The fraction of sp³-hybridized carbons (Fsp3) is 0.400. The first-order valence-corrected chi connectivity index (χ1v) is 6.50. The first-order valence-electron chi connectivity index (χ1n) is 4.83. The first kappa shape index (κ1) is 13.2. The lowest BCUT2D eigenvalue weighted by Gasteiger charge is -2.12. The third-order valence-electron chi connectivity index (χ3n) is 2.00. The molecular weight excluding hydrogens is 294 g/mol. The Bertz CT molecular complexity index is 391. The average molecular weight is 306 g/mol. The van der Waals surface area contributed by atoms with Gasteiger partial charge in [-0.2, -0.15) is 0 Å². The van der Waals surface area contributed by atoms with E-state index in [1.807, 2.05) is 6.92 Å². The molecule has 1 aromatic rings. The van der Waals surface area contributed by atoms with Gasteiger partial charge in [0.25, 0.3) is 5.91 Å². The highest BCUT2D eigenvalue weighted by atomic mass is 79.9. The molecule has 1 atom stereocenters. The number of thiophene rings is 1. The van der Waals surface area contributed by atoms with Crippen LogP contribution in [-0.4, -0.2) is 23.0 Å². The Balaban J connectivity index is 2.69. The second-order valence-corrected chi connectivity index (χ2v) is 5.02. The molecule has 0 saturated heterocycles. The second-order valence-electron chi connectivity index (χ2n) is 3.25. The van der Waals surface area contributed by atoms with Gasteiger partial charge in [0.2, 0.25) is 0 Å². The van der Waals surface area contributed by atoms with E-state index < -0.39 is 12.0 Å². The van der Waals surface area contributed by atoms with E-state index in [0.717, 1.165) is 0 Å². The number of carbonyl (C=O) groups is 2. The molecule has 0 fully saturated rings. The zero-order valence-corrected chi connectivity index (χ0v) is 11.1. The Morgan fingerprint density at radius 2 is 2.31 bits per heavy atom. The highest BCUT2D eigenvalue weighted by Crippen LogP contribution is 2.22. The van der Waals surface area contributed by atoms with Crippen LogP contribution in [0.2, 0.25) is 0 Å². The van der Waals surface area contributed by atoms with Gasteiger partial charge >= 0.3 is 5.97 Å². The molecule has 0 spiro atoms. The molecule has 6 heteroatoms. The summed E-state index contributed by atoms with van der Waals surface area (Å²) in [6.07, 6.45) is 1.15. The van der Waals surface area contributed by atoms with Crippen molar-refractivity contribution in [1.29, 1.82) is 0 Å². The van der Waals surface area contributed by atoms with Crippen molar-refractivity contribution in [2.75, 3.05) is 0 Å². The summed E-state index contributed by atoms with van der Waals surface area (Å²) in [6.45, 7) is 1.88. The summed E-state index contributed by atoms with van der Waals surface area (Å²) >= 11 is 4.51. The first-order chi connectivity index (χ1) is 7.56. The lowest BCUT2D eigenvalue weighted by atomic mass is 10.1. The SMILES string of the molecule is CCCC(NC(=O)c1sccc1Br)C(=O)O. The van der Waals surface area contributed by atoms with E-state index in [-0.39, 0.29) is 5.91 Å². The fourth-order valence-electron chi connectivity index (χ4n) is 1.23. The lowest BCUT2D eigenvalue weighted by Crippen LogP contribution is -2.40. The predicted molar refractivity (Wildman–Crippen MR) is 65.8 cm³/mol. The van der Waals surface area contributed by atoms with Crippen molar-refractivity contribution in [1.82, 2.24) is 5.32 Å². The fourth-order valence-corrected chi connectivity index (χ4v) is 2.68. The highest BCUT2D eigenvalue weighted by molar-refractivity contribution is 9.10. The van der Waals surface area contributed by atoms with Crippen LogP contribution in [0.1, 0.15) is 29.4 Å². The van der Waals surface area contributed by atoms with Crippen LogP contribution in [0.3, 0.4) is 0 Å². The molecule has 1 amide bonds. The van der Waals surface area contributed by atoms with Crippen molar-refractivity contribution in [3.05, 3.63) is 20.8 Å². The van der Waals surface area contributed by atoms with Gasteiger partial charge in [-0.3, -0.25) is 4.79 Å². The minimum Gasteiger partial charge on any atom is -0.480 e. The Kier molecular flexibility index (Phi) is 4.95. The van der Waals surface area contributed by atoms with Gasteiger partial charge < -0.3 is 10.4 Å². The average Bonchev–Trinajstić information content (AvgIpc) is 2.63. The molecule has 1 rings (SSSR count). The van der Waals surface area contributed by atoms with Crippen molar-refractivity contribution in [2.45, 2.75) is 25.8 Å². The van der Waals surface area contributed by atoms with Gasteiger partial charge in [0.1, 0.15) is 10.9 Å². The maximum Gasteiger partial charge on any atom is 0.326 e. The van der Waals surface area contributed by atoms with E-state index in [0.29, 0.717) is 22.2 Å².